The van der Waals surface area contributed by atoms with Gasteiger partial charge < -0.3 is 14.2 Å². The van der Waals surface area contributed by atoms with E-state index in [0.717, 1.165) is 23.2 Å². The minimum Gasteiger partial charge on any atom is -0.454 e. The van der Waals surface area contributed by atoms with Crippen LogP contribution in [0.3, 0.4) is 0 Å². The lowest BCUT2D eigenvalue weighted by atomic mass is 9.83. The Balaban J connectivity index is 1.26. The largest absolute Gasteiger partial charge is 0.454 e. The maximum Gasteiger partial charge on any atom is 0.339 e. The monoisotopic (exact) mass is 458 g/mol. The molecule has 1 aromatic heterocycles. The van der Waals surface area contributed by atoms with Gasteiger partial charge in [0.25, 0.3) is 11.5 Å². The fourth-order valence-electron chi connectivity index (χ4n) is 5.64. The molecule has 0 saturated carbocycles. The third kappa shape index (κ3) is 3.52. The molecule has 0 aliphatic carbocycles. The Labute approximate surface area is 195 Å². The van der Waals surface area contributed by atoms with Crippen molar-refractivity contribution in [2.24, 2.45) is 5.92 Å². The van der Waals surface area contributed by atoms with Gasteiger partial charge in [-0.15, -0.1) is 0 Å². The highest BCUT2D eigenvalue weighted by molar-refractivity contribution is 5.98. The van der Waals surface area contributed by atoms with Gasteiger partial charge in [0.05, 0.1) is 5.56 Å². The maximum atomic E-state index is 13.5. The van der Waals surface area contributed by atoms with E-state index in [0.29, 0.717) is 37.2 Å². The van der Waals surface area contributed by atoms with Crippen LogP contribution in [0.1, 0.15) is 56.0 Å². The molecule has 6 rings (SSSR count). The van der Waals surface area contributed by atoms with Crippen LogP contribution in [0, 0.1) is 11.7 Å². The molecule has 3 atom stereocenters. The molecule has 1 fully saturated rings. The molecule has 1 amide bonds. The van der Waals surface area contributed by atoms with Crippen LogP contribution >= 0.6 is 0 Å². The van der Waals surface area contributed by atoms with Crippen molar-refractivity contribution in [2.75, 3.05) is 13.1 Å². The number of aromatic nitrogens is 1. The van der Waals surface area contributed by atoms with Crippen molar-refractivity contribution >= 4 is 11.9 Å². The topological polar surface area (TPSA) is 68.6 Å². The number of fused-ring (bicyclic) bond motifs is 5. The molecular formula is C27H23FN2O4. The normalized spacial score (nSPS) is 23.0. The number of benzene rings is 2. The first-order valence-corrected chi connectivity index (χ1v) is 11.5. The third-order valence-corrected chi connectivity index (χ3v) is 7.24. The molecule has 0 N–H and O–H groups in total. The van der Waals surface area contributed by atoms with Crippen LogP contribution in [0.5, 0.6) is 0 Å². The van der Waals surface area contributed by atoms with Crippen molar-refractivity contribution in [3.8, 4) is 0 Å². The lowest BCUT2D eigenvalue weighted by molar-refractivity contribution is 0.0252. The Morgan fingerprint density at radius 1 is 0.971 bits per heavy atom. The standard InChI is InChI=1S/C27H23FN2O4/c28-21-7-4-17(5-8-21)24-12-19-11-18(6-9-22(19)27(33)34-24)26(32)29-13-16-10-20(15-29)23-2-1-3-25(31)30(23)14-16/h1-9,11,16,20,24H,10,12-15H2. The van der Waals surface area contributed by atoms with Crippen LogP contribution in [-0.2, 0) is 17.7 Å². The lowest BCUT2D eigenvalue weighted by Crippen LogP contribution is -2.49. The van der Waals surface area contributed by atoms with E-state index in [1.165, 1.54) is 12.1 Å². The van der Waals surface area contributed by atoms with E-state index in [1.807, 2.05) is 15.5 Å². The van der Waals surface area contributed by atoms with E-state index in [9.17, 15) is 18.8 Å². The van der Waals surface area contributed by atoms with E-state index >= 15 is 0 Å². The molecule has 3 aliphatic heterocycles. The smallest absolute Gasteiger partial charge is 0.339 e. The summed E-state index contributed by atoms with van der Waals surface area (Å²) in [5.41, 5.74) is 3.48. The molecule has 3 unspecified atom stereocenters. The molecule has 3 aliphatic rings. The molecule has 2 aromatic carbocycles. The highest BCUT2D eigenvalue weighted by Crippen LogP contribution is 2.36. The van der Waals surface area contributed by atoms with Crippen molar-refractivity contribution in [3.05, 3.63) is 105 Å². The van der Waals surface area contributed by atoms with Gasteiger partial charge in [0.15, 0.2) is 0 Å². The summed E-state index contributed by atoms with van der Waals surface area (Å²) in [7, 11) is 0. The van der Waals surface area contributed by atoms with E-state index in [2.05, 4.69) is 0 Å². The van der Waals surface area contributed by atoms with Gasteiger partial charge in [0.2, 0.25) is 0 Å². The Hall–Kier alpha value is -3.74. The summed E-state index contributed by atoms with van der Waals surface area (Å²) >= 11 is 0. The number of ether oxygens (including phenoxy) is 1. The van der Waals surface area contributed by atoms with Crippen molar-refractivity contribution in [3.63, 3.8) is 0 Å². The Morgan fingerprint density at radius 3 is 2.62 bits per heavy atom. The highest BCUT2D eigenvalue weighted by atomic mass is 19.1. The van der Waals surface area contributed by atoms with Gasteiger partial charge in [-0.05, 0) is 59.9 Å². The van der Waals surface area contributed by atoms with E-state index < -0.39 is 12.1 Å². The number of amides is 1. The number of hydrogen-bond acceptors (Lipinski definition) is 4. The predicted octanol–water partition coefficient (Wildman–Crippen LogP) is 3.70. The number of cyclic esters (lactones) is 1. The molecule has 3 aromatic rings. The van der Waals surface area contributed by atoms with Crippen LogP contribution in [0.4, 0.5) is 4.39 Å². The van der Waals surface area contributed by atoms with Crippen LogP contribution in [0.25, 0.3) is 0 Å². The van der Waals surface area contributed by atoms with Crippen LogP contribution in [0.2, 0.25) is 0 Å². The highest BCUT2D eigenvalue weighted by Gasteiger charge is 2.37. The van der Waals surface area contributed by atoms with Crippen molar-refractivity contribution in [2.45, 2.75) is 31.4 Å². The van der Waals surface area contributed by atoms with Gasteiger partial charge in [-0.2, -0.15) is 0 Å². The van der Waals surface area contributed by atoms with Crippen LogP contribution in [-0.4, -0.2) is 34.4 Å². The fraction of sp³-hybridized carbons (Fsp3) is 0.296. The lowest BCUT2D eigenvalue weighted by Gasteiger charge is -2.42. The third-order valence-electron chi connectivity index (χ3n) is 7.24. The average molecular weight is 458 g/mol. The first-order valence-electron chi connectivity index (χ1n) is 11.5. The van der Waals surface area contributed by atoms with Crippen molar-refractivity contribution in [1.29, 1.82) is 0 Å². The average Bonchev–Trinajstić information content (AvgIpc) is 2.84. The molecule has 0 radical (unpaired) electrons. The van der Waals surface area contributed by atoms with Crippen LogP contribution in [0.15, 0.2) is 65.5 Å². The van der Waals surface area contributed by atoms with Crippen LogP contribution < -0.4 is 5.56 Å². The summed E-state index contributed by atoms with van der Waals surface area (Å²) in [4.78, 5) is 40.2. The molecular weight excluding hydrogens is 435 g/mol. The van der Waals surface area contributed by atoms with E-state index in [1.54, 1.807) is 42.5 Å². The summed E-state index contributed by atoms with van der Waals surface area (Å²) in [5, 5.41) is 0. The molecule has 4 heterocycles. The zero-order valence-electron chi connectivity index (χ0n) is 18.4. The second-order valence-corrected chi connectivity index (χ2v) is 9.43. The second-order valence-electron chi connectivity index (χ2n) is 9.43. The Bertz CT molecular complexity index is 1360. The second kappa shape index (κ2) is 7.94. The van der Waals surface area contributed by atoms with Gasteiger partial charge in [-0.1, -0.05) is 18.2 Å². The molecule has 1 saturated heterocycles. The molecule has 172 valence electrons. The molecule has 7 heteroatoms. The summed E-state index contributed by atoms with van der Waals surface area (Å²) in [6.07, 6.45) is 0.882. The minimum absolute atomic E-state index is 0.0178. The zero-order chi connectivity index (χ0) is 23.4. The summed E-state index contributed by atoms with van der Waals surface area (Å²) < 4.78 is 20.7. The van der Waals surface area contributed by atoms with E-state index in [-0.39, 0.29) is 29.1 Å². The number of likely N-dealkylation sites (tertiary alicyclic amines) is 1. The number of pyridine rings is 1. The first kappa shape index (κ1) is 20.8. The number of halogens is 1. The number of piperidine rings is 1. The zero-order valence-corrected chi connectivity index (χ0v) is 18.4. The van der Waals surface area contributed by atoms with Gasteiger partial charge >= 0.3 is 5.97 Å². The summed E-state index contributed by atoms with van der Waals surface area (Å²) in [6.45, 7) is 1.80. The predicted molar refractivity (Wildman–Crippen MR) is 122 cm³/mol. The number of nitrogens with zero attached hydrogens (tertiary/aromatic N) is 2. The quantitative estimate of drug-likeness (QED) is 0.549. The summed E-state index contributed by atoms with van der Waals surface area (Å²) in [5.74, 6) is -0.477. The van der Waals surface area contributed by atoms with Gasteiger partial charge in [0.1, 0.15) is 11.9 Å². The number of hydrogen-bond donors (Lipinski definition) is 0. The Kier molecular flexibility index (Phi) is 4.86. The Morgan fingerprint density at radius 2 is 1.79 bits per heavy atom. The number of esters is 1. The number of carbonyl (C=O) groups excluding carboxylic acids is 2. The van der Waals surface area contributed by atoms with E-state index in [4.69, 9.17) is 4.74 Å². The fourth-order valence-corrected chi connectivity index (χ4v) is 5.64. The minimum atomic E-state index is -0.518. The van der Waals surface area contributed by atoms with Crippen molar-refractivity contribution < 1.29 is 18.7 Å². The summed E-state index contributed by atoms with van der Waals surface area (Å²) in [6, 6.07) is 16.4. The molecule has 0 spiro atoms. The van der Waals surface area contributed by atoms with Gasteiger partial charge in [-0.25, -0.2) is 9.18 Å². The number of carbonyl (C=O) groups is 2. The SMILES string of the molecule is O=C1OC(c2ccc(F)cc2)Cc2cc(C(=O)N3CC4CC(C3)c3cccc(=O)n3C4)ccc21. The molecule has 2 bridgehead atoms. The molecule has 34 heavy (non-hydrogen) atoms. The first-order chi connectivity index (χ1) is 16.5. The van der Waals surface area contributed by atoms with Gasteiger partial charge in [-0.3, -0.25) is 9.59 Å². The molecule has 6 nitrogen and oxygen atoms in total. The number of rotatable bonds is 2. The maximum absolute atomic E-state index is 13.5. The van der Waals surface area contributed by atoms with Crippen molar-refractivity contribution in [1.82, 2.24) is 9.47 Å². The van der Waals surface area contributed by atoms with Gasteiger partial charge in [0, 0.05) is 49.3 Å².